The number of halogens is 1. The number of aliphatic hydroxyl groups excluding tert-OH is 1. The van der Waals surface area contributed by atoms with Crippen molar-refractivity contribution in [3.8, 4) is 0 Å². The molecule has 0 spiro atoms. The molecule has 1 aliphatic rings. The van der Waals surface area contributed by atoms with E-state index in [-0.39, 0.29) is 17.8 Å². The molecule has 1 aliphatic heterocycles. The molecule has 3 atom stereocenters. The third-order valence-electron chi connectivity index (χ3n) is 3.26. The highest BCUT2D eigenvalue weighted by atomic mass is 19.1. The molecular weight excluding hydrogens is 207 g/mol. The summed E-state index contributed by atoms with van der Waals surface area (Å²) in [5.41, 5.74) is 0.647. The summed E-state index contributed by atoms with van der Waals surface area (Å²) in [5, 5.41) is 10.2. The second-order valence-corrected chi connectivity index (χ2v) is 4.27. The molecule has 1 aromatic carbocycles. The van der Waals surface area contributed by atoms with Crippen molar-refractivity contribution >= 4 is 0 Å². The maximum Gasteiger partial charge on any atom is 0.123 e. The van der Waals surface area contributed by atoms with E-state index in [0.717, 1.165) is 12.8 Å². The lowest BCUT2D eigenvalue weighted by Crippen LogP contribution is -2.22. The molecular formula is C13H17FO2. The van der Waals surface area contributed by atoms with Crippen molar-refractivity contribution in [1.29, 1.82) is 0 Å². The van der Waals surface area contributed by atoms with Gasteiger partial charge in [0.05, 0.1) is 12.2 Å². The van der Waals surface area contributed by atoms with Crippen molar-refractivity contribution in [1.82, 2.24) is 0 Å². The van der Waals surface area contributed by atoms with Crippen molar-refractivity contribution in [3.05, 3.63) is 35.6 Å². The first-order valence-electron chi connectivity index (χ1n) is 5.77. The third kappa shape index (κ3) is 2.25. The minimum absolute atomic E-state index is 0.0896. The van der Waals surface area contributed by atoms with Crippen LogP contribution in [0.5, 0.6) is 0 Å². The summed E-state index contributed by atoms with van der Waals surface area (Å²) < 4.78 is 18.6. The van der Waals surface area contributed by atoms with Gasteiger partial charge in [-0.05, 0) is 30.5 Å². The quantitative estimate of drug-likeness (QED) is 0.855. The van der Waals surface area contributed by atoms with Gasteiger partial charge in [0, 0.05) is 12.5 Å². The number of rotatable bonds is 3. The lowest BCUT2D eigenvalue weighted by molar-refractivity contribution is 0.0306. The molecule has 88 valence electrons. The van der Waals surface area contributed by atoms with E-state index in [1.807, 2.05) is 6.92 Å². The molecule has 1 aromatic rings. The van der Waals surface area contributed by atoms with Gasteiger partial charge in [-0.1, -0.05) is 19.1 Å². The normalized spacial score (nSPS) is 26.9. The van der Waals surface area contributed by atoms with Crippen LogP contribution in [0.2, 0.25) is 0 Å². The predicted molar refractivity (Wildman–Crippen MR) is 59.5 cm³/mol. The Morgan fingerprint density at radius 2 is 2.38 bits per heavy atom. The second-order valence-electron chi connectivity index (χ2n) is 4.27. The summed E-state index contributed by atoms with van der Waals surface area (Å²) in [6.45, 7) is 2.73. The van der Waals surface area contributed by atoms with E-state index in [4.69, 9.17) is 4.74 Å². The van der Waals surface area contributed by atoms with Crippen LogP contribution < -0.4 is 0 Å². The number of hydrogen-bond donors (Lipinski definition) is 1. The van der Waals surface area contributed by atoms with Crippen LogP contribution in [0.4, 0.5) is 4.39 Å². The van der Waals surface area contributed by atoms with Crippen LogP contribution in [0.3, 0.4) is 0 Å². The van der Waals surface area contributed by atoms with Crippen LogP contribution in [0.25, 0.3) is 0 Å². The van der Waals surface area contributed by atoms with Gasteiger partial charge in [0.25, 0.3) is 0 Å². The van der Waals surface area contributed by atoms with Gasteiger partial charge >= 0.3 is 0 Å². The summed E-state index contributed by atoms with van der Waals surface area (Å²) in [6.07, 6.45) is 1.20. The highest BCUT2D eigenvalue weighted by molar-refractivity contribution is 5.20. The molecule has 0 saturated carbocycles. The van der Waals surface area contributed by atoms with Crippen molar-refractivity contribution in [3.63, 3.8) is 0 Å². The van der Waals surface area contributed by atoms with E-state index in [0.29, 0.717) is 12.2 Å². The highest BCUT2D eigenvalue weighted by Crippen LogP contribution is 2.34. The molecule has 1 fully saturated rings. The zero-order chi connectivity index (χ0) is 11.5. The van der Waals surface area contributed by atoms with Crippen LogP contribution in [-0.2, 0) is 4.74 Å². The molecule has 0 amide bonds. The average Bonchev–Trinajstić information content (AvgIpc) is 2.76. The van der Waals surface area contributed by atoms with Gasteiger partial charge in [-0.25, -0.2) is 4.39 Å². The smallest absolute Gasteiger partial charge is 0.123 e. The molecule has 1 N–H and O–H groups in total. The summed E-state index contributed by atoms with van der Waals surface area (Å²) in [6, 6.07) is 6.18. The summed E-state index contributed by atoms with van der Waals surface area (Å²) in [5.74, 6) is -0.213. The molecule has 0 bridgehead atoms. The number of ether oxygens (including phenoxy) is 1. The van der Waals surface area contributed by atoms with Crippen molar-refractivity contribution in [2.45, 2.75) is 32.0 Å². The lowest BCUT2D eigenvalue weighted by Gasteiger charge is -2.23. The lowest BCUT2D eigenvalue weighted by atomic mass is 9.89. The molecule has 3 heteroatoms. The van der Waals surface area contributed by atoms with E-state index in [2.05, 4.69) is 0 Å². The molecule has 1 heterocycles. The molecule has 2 nitrogen and oxygen atoms in total. The van der Waals surface area contributed by atoms with Crippen molar-refractivity contribution in [2.24, 2.45) is 5.92 Å². The van der Waals surface area contributed by atoms with E-state index in [1.54, 1.807) is 12.1 Å². The summed E-state index contributed by atoms with van der Waals surface area (Å²) in [4.78, 5) is 0. The largest absolute Gasteiger partial charge is 0.388 e. The maximum atomic E-state index is 13.1. The average molecular weight is 224 g/mol. The first-order valence-corrected chi connectivity index (χ1v) is 5.77. The van der Waals surface area contributed by atoms with Gasteiger partial charge < -0.3 is 9.84 Å². The van der Waals surface area contributed by atoms with E-state index in [1.165, 1.54) is 12.1 Å². The maximum absolute atomic E-state index is 13.1. The minimum atomic E-state index is -0.622. The van der Waals surface area contributed by atoms with Crippen LogP contribution in [0, 0.1) is 11.7 Å². The fourth-order valence-electron chi connectivity index (χ4n) is 2.38. The Hall–Kier alpha value is -0.930. The standard InChI is InChI=1S/C13H17FO2/c1-2-12-11(6-7-16-12)13(15)9-4-3-5-10(14)8-9/h3-5,8,11-13,15H,2,6-7H2,1H3. The fourth-order valence-corrected chi connectivity index (χ4v) is 2.38. The molecule has 0 aromatic heterocycles. The van der Waals surface area contributed by atoms with E-state index in [9.17, 15) is 9.50 Å². The Kier molecular flexibility index (Phi) is 3.56. The zero-order valence-electron chi connectivity index (χ0n) is 9.40. The SMILES string of the molecule is CCC1OCCC1C(O)c1cccc(F)c1. The van der Waals surface area contributed by atoms with Crippen LogP contribution >= 0.6 is 0 Å². The Balaban J connectivity index is 2.15. The first kappa shape index (κ1) is 11.6. The molecule has 1 saturated heterocycles. The van der Waals surface area contributed by atoms with Gasteiger partial charge in [-0.2, -0.15) is 0 Å². The number of aliphatic hydroxyl groups is 1. The monoisotopic (exact) mass is 224 g/mol. The highest BCUT2D eigenvalue weighted by Gasteiger charge is 2.33. The van der Waals surface area contributed by atoms with Gasteiger partial charge in [0.2, 0.25) is 0 Å². The summed E-state index contributed by atoms with van der Waals surface area (Å²) >= 11 is 0. The Bertz CT molecular complexity index is 354. The van der Waals surface area contributed by atoms with Crippen LogP contribution in [-0.4, -0.2) is 17.8 Å². The zero-order valence-corrected chi connectivity index (χ0v) is 9.40. The van der Waals surface area contributed by atoms with Crippen molar-refractivity contribution in [2.75, 3.05) is 6.61 Å². The Morgan fingerprint density at radius 1 is 1.56 bits per heavy atom. The first-order chi connectivity index (χ1) is 7.72. The molecule has 0 aliphatic carbocycles. The fraction of sp³-hybridized carbons (Fsp3) is 0.538. The van der Waals surface area contributed by atoms with Crippen molar-refractivity contribution < 1.29 is 14.2 Å². The van der Waals surface area contributed by atoms with Crippen LogP contribution in [0.1, 0.15) is 31.4 Å². The van der Waals surface area contributed by atoms with E-state index < -0.39 is 6.10 Å². The van der Waals surface area contributed by atoms with Gasteiger partial charge in [-0.3, -0.25) is 0 Å². The van der Waals surface area contributed by atoms with E-state index >= 15 is 0 Å². The second kappa shape index (κ2) is 4.93. The van der Waals surface area contributed by atoms with Gasteiger partial charge in [-0.15, -0.1) is 0 Å². The molecule has 3 unspecified atom stereocenters. The number of hydrogen-bond acceptors (Lipinski definition) is 2. The minimum Gasteiger partial charge on any atom is -0.388 e. The van der Waals surface area contributed by atoms with Gasteiger partial charge in [0.15, 0.2) is 0 Å². The molecule has 16 heavy (non-hydrogen) atoms. The third-order valence-corrected chi connectivity index (χ3v) is 3.26. The predicted octanol–water partition coefficient (Wildman–Crippen LogP) is 2.67. The van der Waals surface area contributed by atoms with Crippen LogP contribution in [0.15, 0.2) is 24.3 Å². The summed E-state index contributed by atoms with van der Waals surface area (Å²) in [7, 11) is 0. The molecule has 2 rings (SSSR count). The molecule has 0 radical (unpaired) electrons. The topological polar surface area (TPSA) is 29.5 Å². The Labute approximate surface area is 95.1 Å². The Morgan fingerprint density at radius 3 is 3.06 bits per heavy atom. The van der Waals surface area contributed by atoms with Gasteiger partial charge in [0.1, 0.15) is 5.82 Å². The number of benzene rings is 1.